The summed E-state index contributed by atoms with van der Waals surface area (Å²) in [5.74, 6) is -1.25. The third-order valence-corrected chi connectivity index (χ3v) is 4.69. The Kier molecular flexibility index (Phi) is 4.40. The van der Waals surface area contributed by atoms with Gasteiger partial charge in [0, 0.05) is 24.5 Å². The molecule has 1 amide bonds. The molecule has 0 radical (unpaired) electrons. The Bertz CT molecular complexity index is 872. The summed E-state index contributed by atoms with van der Waals surface area (Å²) in [6.45, 7) is 5.61. The second kappa shape index (κ2) is 6.51. The van der Waals surface area contributed by atoms with Crippen LogP contribution in [0, 0.1) is 13.8 Å². The molecule has 1 aliphatic rings. The number of ketones is 1. The topological polar surface area (TPSA) is 70.5 Å². The van der Waals surface area contributed by atoms with Crippen molar-refractivity contribution in [1.82, 2.24) is 4.98 Å². The molecule has 3 rings (SSSR count). The van der Waals surface area contributed by atoms with E-state index in [0.717, 1.165) is 16.7 Å². The second-order valence-electron chi connectivity index (χ2n) is 6.12. The van der Waals surface area contributed by atoms with Crippen LogP contribution < -0.4 is 4.90 Å². The Morgan fingerprint density at radius 1 is 1.20 bits per heavy atom. The zero-order chi connectivity index (χ0) is 18.1. The van der Waals surface area contributed by atoms with Crippen molar-refractivity contribution < 1.29 is 14.7 Å². The number of aromatic nitrogens is 1. The van der Waals surface area contributed by atoms with Crippen molar-refractivity contribution in [2.75, 3.05) is 4.90 Å². The molecular formula is C20H20N2O3. The number of aliphatic hydroxyl groups is 1. The Labute approximate surface area is 146 Å². The van der Waals surface area contributed by atoms with Crippen LogP contribution in [0.3, 0.4) is 0 Å². The molecule has 2 heterocycles. The van der Waals surface area contributed by atoms with Crippen molar-refractivity contribution in [3.8, 4) is 0 Å². The number of anilines is 1. The number of rotatable bonds is 4. The minimum Gasteiger partial charge on any atom is -0.503 e. The molecular weight excluding hydrogens is 316 g/mol. The van der Waals surface area contributed by atoms with Gasteiger partial charge in [0.25, 0.3) is 5.91 Å². The van der Waals surface area contributed by atoms with Crippen molar-refractivity contribution in [2.24, 2.45) is 0 Å². The van der Waals surface area contributed by atoms with Crippen molar-refractivity contribution in [3.63, 3.8) is 0 Å². The number of hydrogen-bond acceptors (Lipinski definition) is 4. The first-order valence-electron chi connectivity index (χ1n) is 8.23. The summed E-state index contributed by atoms with van der Waals surface area (Å²) < 4.78 is 0. The van der Waals surface area contributed by atoms with E-state index in [1.807, 2.05) is 32.0 Å². The zero-order valence-corrected chi connectivity index (χ0v) is 14.5. The van der Waals surface area contributed by atoms with Crippen LogP contribution in [0.5, 0.6) is 0 Å². The van der Waals surface area contributed by atoms with Gasteiger partial charge in [-0.2, -0.15) is 0 Å². The van der Waals surface area contributed by atoms with Crippen molar-refractivity contribution >= 4 is 17.4 Å². The first-order chi connectivity index (χ1) is 12.0. The van der Waals surface area contributed by atoms with Gasteiger partial charge in [-0.25, -0.2) is 0 Å². The third-order valence-electron chi connectivity index (χ3n) is 4.69. The normalized spacial score (nSPS) is 17.3. The molecule has 0 saturated carbocycles. The molecule has 1 N–H and O–H groups in total. The van der Waals surface area contributed by atoms with E-state index in [9.17, 15) is 14.7 Å². The van der Waals surface area contributed by atoms with E-state index in [2.05, 4.69) is 4.98 Å². The van der Waals surface area contributed by atoms with Gasteiger partial charge in [-0.3, -0.25) is 19.5 Å². The third kappa shape index (κ3) is 2.71. The molecule has 1 atom stereocenters. The van der Waals surface area contributed by atoms with Crippen LogP contribution in [0.2, 0.25) is 0 Å². The fourth-order valence-corrected chi connectivity index (χ4v) is 3.19. The number of nitrogens with zero attached hydrogens (tertiary/aromatic N) is 2. The number of hydrogen-bond donors (Lipinski definition) is 1. The Balaban J connectivity index is 2.23. The smallest absolute Gasteiger partial charge is 0.294 e. The van der Waals surface area contributed by atoms with Gasteiger partial charge in [-0.05, 0) is 48.7 Å². The number of carbonyl (C=O) groups excluding carboxylic acids is 2. The molecule has 2 aromatic rings. The summed E-state index contributed by atoms with van der Waals surface area (Å²) in [4.78, 5) is 30.8. The Morgan fingerprint density at radius 2 is 1.88 bits per heavy atom. The number of carbonyl (C=O) groups is 2. The quantitative estimate of drug-likeness (QED) is 0.926. The van der Waals surface area contributed by atoms with Crippen molar-refractivity contribution in [3.05, 3.63) is 70.7 Å². The lowest BCUT2D eigenvalue weighted by atomic mass is 9.95. The minimum absolute atomic E-state index is 0.152. The molecule has 0 bridgehead atoms. The summed E-state index contributed by atoms with van der Waals surface area (Å²) in [7, 11) is 0. The first kappa shape index (κ1) is 16.9. The lowest BCUT2D eigenvalue weighted by Crippen LogP contribution is -2.31. The maximum atomic E-state index is 12.8. The highest BCUT2D eigenvalue weighted by Crippen LogP contribution is 2.42. The maximum absolute atomic E-state index is 12.8. The Hall–Kier alpha value is -2.95. The zero-order valence-electron chi connectivity index (χ0n) is 14.5. The number of benzene rings is 1. The Morgan fingerprint density at radius 3 is 2.52 bits per heavy atom. The number of aliphatic hydroxyl groups excluding tert-OH is 1. The van der Waals surface area contributed by atoms with E-state index in [4.69, 9.17) is 0 Å². The summed E-state index contributed by atoms with van der Waals surface area (Å²) in [6, 6.07) is 8.54. The van der Waals surface area contributed by atoms with Crippen LogP contribution in [0.25, 0.3) is 0 Å². The van der Waals surface area contributed by atoms with Crippen LogP contribution in [-0.4, -0.2) is 21.8 Å². The van der Waals surface area contributed by atoms with Gasteiger partial charge in [0.15, 0.2) is 11.5 Å². The molecule has 1 unspecified atom stereocenters. The van der Waals surface area contributed by atoms with Crippen LogP contribution >= 0.6 is 0 Å². The van der Waals surface area contributed by atoms with Gasteiger partial charge in [0.2, 0.25) is 0 Å². The van der Waals surface area contributed by atoms with Crippen LogP contribution in [0.4, 0.5) is 5.69 Å². The minimum atomic E-state index is -0.650. The standard InChI is InChI=1S/C20H20N2O3/c1-4-16(23)17-18(14-8-10-21-11-9-14)22(20(25)19(17)24)15-7-5-6-12(2)13(15)3/h5-11,18,24H,4H2,1-3H3. The lowest BCUT2D eigenvalue weighted by molar-refractivity contribution is -0.118. The predicted octanol–water partition coefficient (Wildman–Crippen LogP) is 3.58. The number of amides is 1. The van der Waals surface area contributed by atoms with Crippen LogP contribution in [-0.2, 0) is 9.59 Å². The summed E-state index contributed by atoms with van der Waals surface area (Å²) in [5, 5.41) is 10.4. The lowest BCUT2D eigenvalue weighted by Gasteiger charge is -2.28. The van der Waals surface area contributed by atoms with Gasteiger partial charge < -0.3 is 5.11 Å². The molecule has 1 aromatic carbocycles. The van der Waals surface area contributed by atoms with Gasteiger partial charge in [0.05, 0.1) is 11.6 Å². The maximum Gasteiger partial charge on any atom is 0.294 e. The van der Waals surface area contributed by atoms with Gasteiger partial charge >= 0.3 is 0 Å². The van der Waals surface area contributed by atoms with Crippen LogP contribution in [0.15, 0.2) is 54.1 Å². The largest absolute Gasteiger partial charge is 0.503 e. The van der Waals surface area contributed by atoms with Gasteiger partial charge in [-0.15, -0.1) is 0 Å². The average molecular weight is 336 g/mol. The molecule has 5 nitrogen and oxygen atoms in total. The second-order valence-corrected chi connectivity index (χ2v) is 6.12. The van der Waals surface area contributed by atoms with E-state index >= 15 is 0 Å². The average Bonchev–Trinajstić information content (AvgIpc) is 2.89. The summed E-state index contributed by atoms with van der Waals surface area (Å²) in [5.41, 5.74) is 3.56. The SMILES string of the molecule is CCC(=O)C1=C(O)C(=O)N(c2cccc(C)c2C)C1c1ccncc1. The first-order valence-corrected chi connectivity index (χ1v) is 8.23. The summed E-state index contributed by atoms with van der Waals surface area (Å²) in [6.07, 6.45) is 3.45. The molecule has 25 heavy (non-hydrogen) atoms. The monoisotopic (exact) mass is 336 g/mol. The van der Waals surface area contributed by atoms with E-state index in [-0.39, 0.29) is 17.8 Å². The predicted molar refractivity (Wildman–Crippen MR) is 95.3 cm³/mol. The molecule has 5 heteroatoms. The molecule has 128 valence electrons. The highest BCUT2D eigenvalue weighted by Gasteiger charge is 2.44. The van der Waals surface area contributed by atoms with Crippen LogP contribution in [0.1, 0.15) is 36.1 Å². The van der Waals surface area contributed by atoms with Gasteiger partial charge in [0.1, 0.15) is 0 Å². The molecule has 0 spiro atoms. The number of aryl methyl sites for hydroxylation is 1. The van der Waals surface area contributed by atoms with Crippen molar-refractivity contribution in [2.45, 2.75) is 33.2 Å². The highest BCUT2D eigenvalue weighted by molar-refractivity contribution is 6.16. The fraction of sp³-hybridized carbons (Fsp3) is 0.250. The van der Waals surface area contributed by atoms with E-state index < -0.39 is 17.7 Å². The van der Waals surface area contributed by atoms with Gasteiger partial charge in [-0.1, -0.05) is 19.1 Å². The number of pyridine rings is 1. The highest BCUT2D eigenvalue weighted by atomic mass is 16.3. The number of Topliss-reactive ketones (excluding diaryl/α,β-unsaturated/α-hetero) is 1. The molecule has 1 aliphatic heterocycles. The molecule has 0 fully saturated rings. The molecule has 0 aliphatic carbocycles. The summed E-state index contributed by atoms with van der Waals surface area (Å²) >= 11 is 0. The van der Waals surface area contributed by atoms with E-state index in [0.29, 0.717) is 5.69 Å². The van der Waals surface area contributed by atoms with E-state index in [1.165, 1.54) is 4.90 Å². The molecule has 1 aromatic heterocycles. The van der Waals surface area contributed by atoms with E-state index in [1.54, 1.807) is 31.5 Å². The van der Waals surface area contributed by atoms with Crippen molar-refractivity contribution in [1.29, 1.82) is 0 Å². The fourth-order valence-electron chi connectivity index (χ4n) is 3.19. The molecule has 0 saturated heterocycles.